The van der Waals surface area contributed by atoms with Crippen molar-refractivity contribution >= 4 is 31.5 Å². The maximum Gasteiger partial charge on any atom is 0.210 e. The van der Waals surface area contributed by atoms with Crippen LogP contribution in [0, 0.1) is 0 Å². The Balaban J connectivity index is 3.01. The number of nitrogens with two attached hydrogens (primary N) is 1. The Hall–Kier alpha value is -0.700. The molecule has 0 saturated carbocycles. The molecule has 1 aromatic heterocycles. The largest absolute Gasteiger partial charge is 0.263 e. The third-order valence-corrected chi connectivity index (χ3v) is 4.92. The molecule has 0 atom stereocenters. The molecule has 2 N–H and O–H groups in total. The SMILES string of the molecule is NS(=O)(=O)CCS(=O)(=O)c1ccncc1Cl. The van der Waals surface area contributed by atoms with Gasteiger partial charge in [-0.2, -0.15) is 0 Å². The highest BCUT2D eigenvalue weighted by Crippen LogP contribution is 2.20. The second-order valence-corrected chi connectivity index (χ2v) is 7.21. The Bertz CT molecular complexity index is 582. The normalized spacial score (nSPS) is 12.6. The monoisotopic (exact) mass is 284 g/mol. The van der Waals surface area contributed by atoms with Crippen molar-refractivity contribution in [2.45, 2.75) is 4.90 Å². The van der Waals surface area contributed by atoms with Gasteiger partial charge < -0.3 is 0 Å². The van der Waals surface area contributed by atoms with Gasteiger partial charge in [0.15, 0.2) is 9.84 Å². The predicted molar refractivity (Wildman–Crippen MR) is 59.3 cm³/mol. The maximum atomic E-state index is 11.7. The molecular weight excluding hydrogens is 276 g/mol. The van der Waals surface area contributed by atoms with Crippen LogP contribution in [0.1, 0.15) is 0 Å². The first-order valence-electron chi connectivity index (χ1n) is 4.05. The summed E-state index contributed by atoms with van der Waals surface area (Å²) < 4.78 is 44.7. The van der Waals surface area contributed by atoms with Crippen LogP contribution in [0.2, 0.25) is 5.02 Å². The van der Waals surface area contributed by atoms with Crippen molar-refractivity contribution in [1.82, 2.24) is 4.98 Å². The average Bonchev–Trinajstić information content (AvgIpc) is 2.14. The molecule has 16 heavy (non-hydrogen) atoms. The van der Waals surface area contributed by atoms with Gasteiger partial charge in [0.1, 0.15) is 0 Å². The van der Waals surface area contributed by atoms with Crippen molar-refractivity contribution in [3.8, 4) is 0 Å². The fourth-order valence-corrected chi connectivity index (χ4v) is 4.07. The highest BCUT2D eigenvalue weighted by atomic mass is 35.5. The summed E-state index contributed by atoms with van der Waals surface area (Å²) in [6.07, 6.45) is 2.43. The smallest absolute Gasteiger partial charge is 0.210 e. The average molecular weight is 285 g/mol. The van der Waals surface area contributed by atoms with Crippen LogP contribution < -0.4 is 5.14 Å². The van der Waals surface area contributed by atoms with Crippen LogP contribution in [0.25, 0.3) is 0 Å². The predicted octanol–water partition coefficient (Wildman–Crippen LogP) is -0.203. The lowest BCUT2D eigenvalue weighted by molar-refractivity contribution is 0.588. The maximum absolute atomic E-state index is 11.7. The second-order valence-electron chi connectivity index (χ2n) is 2.99. The topological polar surface area (TPSA) is 107 Å². The summed E-state index contributed by atoms with van der Waals surface area (Å²) in [5.74, 6) is -1.25. The van der Waals surface area contributed by atoms with E-state index >= 15 is 0 Å². The van der Waals surface area contributed by atoms with Crippen molar-refractivity contribution in [1.29, 1.82) is 0 Å². The molecule has 0 amide bonds. The van der Waals surface area contributed by atoms with Gasteiger partial charge in [0.25, 0.3) is 0 Å². The molecule has 0 radical (unpaired) electrons. The molecule has 1 heterocycles. The zero-order valence-electron chi connectivity index (χ0n) is 8.00. The lowest BCUT2D eigenvalue weighted by Crippen LogP contribution is -2.23. The molecule has 1 rings (SSSR count). The van der Waals surface area contributed by atoms with Crippen LogP contribution in [0.15, 0.2) is 23.4 Å². The first-order valence-corrected chi connectivity index (χ1v) is 7.80. The Morgan fingerprint density at radius 3 is 2.38 bits per heavy atom. The minimum Gasteiger partial charge on any atom is -0.263 e. The Morgan fingerprint density at radius 2 is 1.88 bits per heavy atom. The molecule has 0 aliphatic rings. The molecule has 0 aromatic carbocycles. The van der Waals surface area contributed by atoms with Crippen LogP contribution in [0.3, 0.4) is 0 Å². The number of aromatic nitrogens is 1. The number of primary sulfonamides is 1. The fourth-order valence-electron chi connectivity index (χ4n) is 0.950. The van der Waals surface area contributed by atoms with E-state index in [-0.39, 0.29) is 9.92 Å². The van der Waals surface area contributed by atoms with E-state index in [1.165, 1.54) is 18.5 Å². The number of sulfonamides is 1. The van der Waals surface area contributed by atoms with Gasteiger partial charge >= 0.3 is 0 Å². The number of halogens is 1. The van der Waals surface area contributed by atoms with Gasteiger partial charge in [0.2, 0.25) is 10.0 Å². The number of hydrogen-bond acceptors (Lipinski definition) is 5. The lowest BCUT2D eigenvalue weighted by atomic mass is 10.5. The summed E-state index contributed by atoms with van der Waals surface area (Å²) in [6, 6.07) is 1.21. The van der Waals surface area contributed by atoms with Crippen molar-refractivity contribution in [3.63, 3.8) is 0 Å². The van der Waals surface area contributed by atoms with Crippen molar-refractivity contribution in [2.75, 3.05) is 11.5 Å². The lowest BCUT2D eigenvalue weighted by Gasteiger charge is -2.04. The molecule has 1 aromatic rings. The molecule has 0 spiro atoms. The first-order chi connectivity index (χ1) is 7.22. The molecule has 0 aliphatic heterocycles. The number of pyridine rings is 1. The number of hydrogen-bond donors (Lipinski definition) is 1. The summed E-state index contributed by atoms with van der Waals surface area (Å²) in [4.78, 5) is 3.48. The number of sulfone groups is 1. The highest BCUT2D eigenvalue weighted by molar-refractivity contribution is 7.94. The summed E-state index contributed by atoms with van der Waals surface area (Å²) in [6.45, 7) is 0. The van der Waals surface area contributed by atoms with E-state index in [2.05, 4.69) is 4.98 Å². The highest BCUT2D eigenvalue weighted by Gasteiger charge is 2.20. The van der Waals surface area contributed by atoms with Gasteiger partial charge in [-0.15, -0.1) is 0 Å². The third-order valence-electron chi connectivity index (χ3n) is 1.71. The van der Waals surface area contributed by atoms with E-state index < -0.39 is 31.4 Å². The van der Waals surface area contributed by atoms with E-state index in [9.17, 15) is 16.8 Å². The molecule has 9 heteroatoms. The molecule has 0 saturated heterocycles. The quantitative estimate of drug-likeness (QED) is 0.824. The second kappa shape index (κ2) is 4.66. The molecule has 0 fully saturated rings. The third kappa shape index (κ3) is 3.71. The summed E-state index contributed by atoms with van der Waals surface area (Å²) in [5, 5.41) is 4.68. The van der Waals surface area contributed by atoms with Crippen LogP contribution in [-0.2, 0) is 19.9 Å². The van der Waals surface area contributed by atoms with E-state index in [0.29, 0.717) is 0 Å². The molecule has 0 bridgehead atoms. The van der Waals surface area contributed by atoms with Gasteiger partial charge in [-0.1, -0.05) is 11.6 Å². The Morgan fingerprint density at radius 1 is 1.25 bits per heavy atom. The van der Waals surface area contributed by atoms with Crippen LogP contribution in [-0.4, -0.2) is 33.3 Å². The van der Waals surface area contributed by atoms with Gasteiger partial charge in [-0.05, 0) is 6.07 Å². The minimum atomic E-state index is -3.82. The zero-order chi connectivity index (χ0) is 12.4. The summed E-state index contributed by atoms with van der Waals surface area (Å²) >= 11 is 5.64. The van der Waals surface area contributed by atoms with Gasteiger partial charge in [0.05, 0.1) is 21.4 Å². The first kappa shape index (κ1) is 13.4. The van der Waals surface area contributed by atoms with Crippen LogP contribution in [0.4, 0.5) is 0 Å². The van der Waals surface area contributed by atoms with E-state index in [4.69, 9.17) is 16.7 Å². The van der Waals surface area contributed by atoms with Crippen molar-refractivity contribution < 1.29 is 16.8 Å². The van der Waals surface area contributed by atoms with Gasteiger partial charge in [-0.25, -0.2) is 22.0 Å². The van der Waals surface area contributed by atoms with Gasteiger partial charge in [0, 0.05) is 12.4 Å². The molecule has 90 valence electrons. The van der Waals surface area contributed by atoms with Gasteiger partial charge in [-0.3, -0.25) is 4.98 Å². The van der Waals surface area contributed by atoms with E-state index in [1.807, 2.05) is 0 Å². The molecule has 0 unspecified atom stereocenters. The van der Waals surface area contributed by atoms with Crippen LogP contribution in [0.5, 0.6) is 0 Å². The summed E-state index contributed by atoms with van der Waals surface area (Å²) in [7, 11) is -7.57. The molecular formula is C7H9ClN2O4S2. The summed E-state index contributed by atoms with van der Waals surface area (Å²) in [5.41, 5.74) is 0. The number of nitrogens with zero attached hydrogens (tertiary/aromatic N) is 1. The van der Waals surface area contributed by atoms with E-state index in [0.717, 1.165) is 0 Å². The fraction of sp³-hybridized carbons (Fsp3) is 0.286. The van der Waals surface area contributed by atoms with Crippen molar-refractivity contribution in [3.05, 3.63) is 23.5 Å². The zero-order valence-corrected chi connectivity index (χ0v) is 10.4. The number of rotatable bonds is 4. The van der Waals surface area contributed by atoms with Crippen molar-refractivity contribution in [2.24, 2.45) is 5.14 Å². The molecule has 6 nitrogen and oxygen atoms in total. The standard InChI is InChI=1S/C7H9ClN2O4S2/c8-6-5-10-2-1-7(6)15(11,12)3-4-16(9,13)14/h1-2,5H,3-4H2,(H2,9,13,14). The minimum absolute atomic E-state index is 0.0445. The Labute approximate surface area is 98.4 Å². The van der Waals surface area contributed by atoms with E-state index in [1.54, 1.807) is 0 Å². The van der Waals surface area contributed by atoms with Crippen LogP contribution >= 0.6 is 11.6 Å². The Kier molecular flexibility index (Phi) is 3.89. The molecule has 0 aliphatic carbocycles.